The van der Waals surface area contributed by atoms with Gasteiger partial charge in [0.25, 0.3) is 0 Å². The van der Waals surface area contributed by atoms with Gasteiger partial charge in [-0.05, 0) is 42.2 Å². The van der Waals surface area contributed by atoms with Gasteiger partial charge in [0.15, 0.2) is 0 Å². The molecule has 4 N–H and O–H groups in total. The summed E-state index contributed by atoms with van der Waals surface area (Å²) in [6.07, 6.45) is 0.980. The number of aliphatic hydroxyl groups excluding tert-OH is 2. The van der Waals surface area contributed by atoms with Crippen LogP contribution < -0.4 is 15.4 Å². The van der Waals surface area contributed by atoms with Gasteiger partial charge in [-0.1, -0.05) is 19.1 Å². The molecule has 3 unspecified atom stereocenters. The molecule has 0 spiro atoms. The maximum atomic E-state index is 13.5. The highest BCUT2D eigenvalue weighted by molar-refractivity contribution is 5.73. The normalized spacial score (nSPS) is 17.2. The van der Waals surface area contributed by atoms with Crippen molar-refractivity contribution < 1.29 is 28.5 Å². The Morgan fingerprint density at radius 1 is 1.16 bits per heavy atom. The van der Waals surface area contributed by atoms with E-state index in [1.165, 1.54) is 13.2 Å². The van der Waals surface area contributed by atoms with Crippen LogP contribution in [0.2, 0.25) is 0 Å². The van der Waals surface area contributed by atoms with E-state index in [2.05, 4.69) is 10.6 Å². The van der Waals surface area contributed by atoms with Gasteiger partial charge in [-0.15, -0.1) is 0 Å². The molecule has 0 aromatic heterocycles. The predicted molar refractivity (Wildman–Crippen MR) is 112 cm³/mol. The summed E-state index contributed by atoms with van der Waals surface area (Å²) in [6.45, 7) is 3.32. The Morgan fingerprint density at radius 3 is 2.52 bits per heavy atom. The maximum Gasteiger partial charge on any atom is 0.217 e. The Hall–Kier alpha value is -2.97. The van der Waals surface area contributed by atoms with Gasteiger partial charge < -0.3 is 25.6 Å². The lowest BCUT2D eigenvalue weighted by Gasteiger charge is -2.29. The van der Waals surface area contributed by atoms with Crippen LogP contribution in [-0.4, -0.2) is 34.8 Å². The van der Waals surface area contributed by atoms with Crippen LogP contribution in [0.3, 0.4) is 0 Å². The molecule has 1 amide bonds. The number of nitrogens with one attached hydrogen (secondary N) is 2. The van der Waals surface area contributed by atoms with Crippen molar-refractivity contribution in [3.8, 4) is 5.75 Å². The molecule has 0 saturated heterocycles. The molecule has 0 radical (unpaired) electrons. The molecule has 2 aromatic rings. The summed E-state index contributed by atoms with van der Waals surface area (Å²) in [4.78, 5) is 11.6. The van der Waals surface area contributed by atoms with Crippen molar-refractivity contribution in [2.24, 2.45) is 0 Å². The molecule has 3 rings (SSSR count). The van der Waals surface area contributed by atoms with E-state index < -0.39 is 29.8 Å². The molecule has 0 bridgehead atoms. The van der Waals surface area contributed by atoms with Crippen molar-refractivity contribution in [3.05, 3.63) is 76.7 Å². The molecule has 1 heterocycles. The summed E-state index contributed by atoms with van der Waals surface area (Å²) in [5.41, 5.74) is 2.10. The number of rotatable bonds is 8. The second-order valence-corrected chi connectivity index (χ2v) is 7.58. The molecule has 31 heavy (non-hydrogen) atoms. The minimum absolute atomic E-state index is 0.00110. The van der Waals surface area contributed by atoms with Gasteiger partial charge in [-0.25, -0.2) is 8.78 Å². The number of benzene rings is 2. The number of fused-ring (bicyclic) bond motifs is 1. The zero-order valence-electron chi connectivity index (χ0n) is 17.4. The number of carbonyl (C=O) groups excluding carboxylic acids is 1. The summed E-state index contributed by atoms with van der Waals surface area (Å²) >= 11 is 0. The van der Waals surface area contributed by atoms with Crippen LogP contribution in [0.5, 0.6) is 5.75 Å². The fourth-order valence-electron chi connectivity index (χ4n) is 3.62. The van der Waals surface area contributed by atoms with Crippen LogP contribution in [0.25, 0.3) is 0 Å². The largest absolute Gasteiger partial charge is 0.507 e. The van der Waals surface area contributed by atoms with Crippen molar-refractivity contribution in [1.82, 2.24) is 10.6 Å². The molecule has 6 nitrogen and oxygen atoms in total. The van der Waals surface area contributed by atoms with Crippen molar-refractivity contribution in [1.29, 1.82) is 0 Å². The molecular formula is C23H26F2N2O4. The number of amides is 1. The fourth-order valence-corrected chi connectivity index (χ4v) is 3.62. The topological polar surface area (TPSA) is 90.8 Å². The van der Waals surface area contributed by atoms with E-state index in [-0.39, 0.29) is 24.6 Å². The van der Waals surface area contributed by atoms with E-state index in [9.17, 15) is 23.8 Å². The first kappa shape index (κ1) is 22.7. The Balaban J connectivity index is 1.74. The van der Waals surface area contributed by atoms with Gasteiger partial charge in [0.1, 0.15) is 29.4 Å². The number of aliphatic hydroxyl groups is 2. The van der Waals surface area contributed by atoms with E-state index in [0.717, 1.165) is 35.7 Å². The predicted octanol–water partition coefficient (Wildman–Crippen LogP) is 3.06. The molecule has 0 fully saturated rings. The zero-order chi connectivity index (χ0) is 22.5. The molecular weight excluding hydrogens is 406 g/mol. The van der Waals surface area contributed by atoms with Gasteiger partial charge in [0, 0.05) is 25.1 Å². The summed E-state index contributed by atoms with van der Waals surface area (Å²) in [7, 11) is 0. The molecule has 1 aliphatic heterocycles. The van der Waals surface area contributed by atoms with Gasteiger partial charge >= 0.3 is 0 Å². The first-order valence-electron chi connectivity index (χ1n) is 10.1. The van der Waals surface area contributed by atoms with Crippen LogP contribution in [-0.2, 0) is 17.6 Å². The Kier molecular flexibility index (Phi) is 7.25. The number of hydrogen-bond acceptors (Lipinski definition) is 5. The number of hydrogen-bond donors (Lipinski definition) is 4. The third-order valence-corrected chi connectivity index (χ3v) is 5.16. The molecule has 1 aliphatic rings. The molecule has 2 aromatic carbocycles. The van der Waals surface area contributed by atoms with E-state index in [0.29, 0.717) is 11.3 Å². The van der Waals surface area contributed by atoms with Crippen molar-refractivity contribution in [2.45, 2.75) is 44.9 Å². The molecule has 0 saturated carbocycles. The molecule has 0 aliphatic carbocycles. The van der Waals surface area contributed by atoms with E-state index in [1.807, 2.05) is 25.1 Å². The summed E-state index contributed by atoms with van der Waals surface area (Å²) < 4.78 is 32.5. The number of halogens is 2. The third kappa shape index (κ3) is 5.80. The van der Waals surface area contributed by atoms with E-state index in [4.69, 9.17) is 4.74 Å². The lowest BCUT2D eigenvalue weighted by molar-refractivity contribution is -0.120. The smallest absolute Gasteiger partial charge is 0.217 e. The van der Waals surface area contributed by atoms with Gasteiger partial charge in [-0.2, -0.15) is 0 Å². The first-order chi connectivity index (χ1) is 14.8. The number of aryl methyl sites for hydroxylation is 1. The molecule has 8 heteroatoms. The van der Waals surface area contributed by atoms with Crippen LogP contribution >= 0.6 is 0 Å². The van der Waals surface area contributed by atoms with E-state index >= 15 is 0 Å². The summed E-state index contributed by atoms with van der Waals surface area (Å²) in [6, 6.07) is 7.36. The quantitative estimate of drug-likeness (QED) is 0.515. The van der Waals surface area contributed by atoms with Gasteiger partial charge in [0.2, 0.25) is 5.91 Å². The van der Waals surface area contributed by atoms with Crippen molar-refractivity contribution >= 4 is 5.91 Å². The van der Waals surface area contributed by atoms with Crippen molar-refractivity contribution in [2.75, 3.05) is 6.54 Å². The van der Waals surface area contributed by atoms with Crippen molar-refractivity contribution in [3.63, 3.8) is 0 Å². The lowest BCUT2D eigenvalue weighted by Crippen LogP contribution is -2.48. The summed E-state index contributed by atoms with van der Waals surface area (Å²) in [5, 5.41) is 26.8. The van der Waals surface area contributed by atoms with Gasteiger partial charge in [-0.3, -0.25) is 4.79 Å². The maximum absolute atomic E-state index is 13.5. The fraction of sp³-hybridized carbons (Fsp3) is 0.348. The van der Waals surface area contributed by atoms with E-state index in [1.54, 1.807) is 0 Å². The lowest BCUT2D eigenvalue weighted by atomic mass is 9.97. The summed E-state index contributed by atoms with van der Waals surface area (Å²) in [5.74, 6) is -1.30. The second-order valence-electron chi connectivity index (χ2n) is 7.58. The van der Waals surface area contributed by atoms with Crippen LogP contribution in [0.1, 0.15) is 36.6 Å². The highest BCUT2D eigenvalue weighted by atomic mass is 19.1. The van der Waals surface area contributed by atoms with Crippen LogP contribution in [0.4, 0.5) is 8.78 Å². The Labute approximate surface area is 179 Å². The number of ether oxygens (including phenoxy) is 1. The van der Waals surface area contributed by atoms with Gasteiger partial charge in [0.05, 0.1) is 18.2 Å². The third-order valence-electron chi connectivity index (χ3n) is 5.16. The highest BCUT2D eigenvalue weighted by Crippen LogP contribution is 2.34. The van der Waals surface area contributed by atoms with Crippen LogP contribution in [0.15, 0.2) is 48.4 Å². The minimum Gasteiger partial charge on any atom is -0.507 e. The monoisotopic (exact) mass is 432 g/mol. The average Bonchev–Trinajstić information content (AvgIpc) is 2.70. The molecule has 166 valence electrons. The average molecular weight is 432 g/mol. The number of carbonyl (C=O) groups is 1. The standard InChI is InChI=1S/C23H26F2N2O4/c1-3-14-4-5-22-18(8-14)23(21(30)12-31-22)26-11-20(29)19(27-13(2)28)9-15-6-16(24)10-17(25)7-15/h4-8,10,12,19-20,23,26,29-30H,3,9,11H2,1-2H3,(H,27,28). The first-order valence-corrected chi connectivity index (χ1v) is 10.1. The minimum atomic E-state index is -1.09. The highest BCUT2D eigenvalue weighted by Gasteiger charge is 2.28. The Bertz CT molecular complexity index is 960. The SMILES string of the molecule is CCc1ccc2c(c1)C(NCC(O)C(Cc1cc(F)cc(F)c1)NC(C)=O)C(O)=CO2. The molecule has 3 atom stereocenters. The van der Waals surface area contributed by atoms with Crippen LogP contribution in [0, 0.1) is 11.6 Å². The Morgan fingerprint density at radius 2 is 1.87 bits per heavy atom. The second kappa shape index (κ2) is 9.89. The zero-order valence-corrected chi connectivity index (χ0v) is 17.4.